The maximum Gasteiger partial charge on any atom is 0.264 e. The summed E-state index contributed by atoms with van der Waals surface area (Å²) in [6.07, 6.45) is 0. The van der Waals surface area contributed by atoms with Crippen molar-refractivity contribution in [3.8, 4) is 0 Å². The monoisotopic (exact) mass is 470 g/mol. The zero-order valence-electron chi connectivity index (χ0n) is 18.7. The molecule has 0 heterocycles. The van der Waals surface area contributed by atoms with Crippen molar-refractivity contribution < 1.29 is 13.2 Å². The van der Waals surface area contributed by atoms with Gasteiger partial charge in [-0.25, -0.2) is 8.42 Å². The topological polar surface area (TPSA) is 57.7 Å². The van der Waals surface area contributed by atoms with Crippen LogP contribution >= 0.6 is 11.6 Å². The average Bonchev–Trinajstić information content (AvgIpc) is 2.75. The maximum absolute atomic E-state index is 13.6. The Bertz CT molecular complexity index is 1210. The van der Waals surface area contributed by atoms with Gasteiger partial charge in [-0.3, -0.25) is 9.10 Å². The van der Waals surface area contributed by atoms with E-state index in [4.69, 9.17) is 11.6 Å². The largest absolute Gasteiger partial charge is 0.340 e. The minimum atomic E-state index is -3.95. The molecule has 0 aliphatic carbocycles. The summed E-state index contributed by atoms with van der Waals surface area (Å²) in [5, 5.41) is 0.619. The van der Waals surface area contributed by atoms with Crippen LogP contribution in [0.4, 0.5) is 5.69 Å². The van der Waals surface area contributed by atoms with Crippen LogP contribution in [-0.4, -0.2) is 32.8 Å². The molecular weight excluding hydrogens is 444 g/mol. The summed E-state index contributed by atoms with van der Waals surface area (Å²) in [5.41, 5.74) is 4.06. The van der Waals surface area contributed by atoms with Crippen LogP contribution in [0.25, 0.3) is 0 Å². The Balaban J connectivity index is 1.95. The van der Waals surface area contributed by atoms with Crippen molar-refractivity contribution in [1.29, 1.82) is 0 Å². The third-order valence-corrected chi connectivity index (χ3v) is 7.31. The molecule has 0 aromatic heterocycles. The number of hydrogen-bond donors (Lipinski definition) is 0. The molecule has 0 spiro atoms. The number of amides is 1. The molecule has 0 fully saturated rings. The SMILES string of the molecule is Cc1ccc(S(=O)(=O)N(CC(=O)N(C)Cc2ccc(Cl)cc2)c2cc(C)ccc2C)cc1. The summed E-state index contributed by atoms with van der Waals surface area (Å²) in [6, 6.07) is 19.5. The molecule has 3 aromatic rings. The number of likely N-dealkylation sites (N-methyl/N-ethyl adjacent to an activating group) is 1. The van der Waals surface area contributed by atoms with Crippen molar-refractivity contribution in [2.75, 3.05) is 17.9 Å². The molecule has 3 aromatic carbocycles. The first-order valence-corrected chi connectivity index (χ1v) is 12.0. The van der Waals surface area contributed by atoms with E-state index in [1.54, 1.807) is 49.5 Å². The van der Waals surface area contributed by atoms with Gasteiger partial charge in [-0.05, 0) is 67.8 Å². The molecule has 0 saturated carbocycles. The predicted octanol–water partition coefficient (Wildman–Crippen LogP) is 5.12. The summed E-state index contributed by atoms with van der Waals surface area (Å²) in [4.78, 5) is 14.8. The van der Waals surface area contributed by atoms with Gasteiger partial charge in [-0.2, -0.15) is 0 Å². The minimum absolute atomic E-state index is 0.150. The van der Waals surface area contributed by atoms with E-state index < -0.39 is 10.0 Å². The quantitative estimate of drug-likeness (QED) is 0.481. The summed E-state index contributed by atoms with van der Waals surface area (Å²) in [5.74, 6) is -0.309. The lowest BCUT2D eigenvalue weighted by Gasteiger charge is -2.28. The fraction of sp³-hybridized carbons (Fsp3) is 0.240. The molecule has 32 heavy (non-hydrogen) atoms. The van der Waals surface area contributed by atoms with Crippen LogP contribution < -0.4 is 4.31 Å². The molecule has 0 saturated heterocycles. The number of carbonyl (C=O) groups is 1. The number of rotatable bonds is 7. The van der Waals surface area contributed by atoms with Crippen molar-refractivity contribution in [3.63, 3.8) is 0 Å². The fourth-order valence-corrected chi connectivity index (χ4v) is 4.92. The van der Waals surface area contributed by atoms with Crippen LogP contribution in [0, 0.1) is 20.8 Å². The number of benzene rings is 3. The molecule has 0 aliphatic rings. The summed E-state index contributed by atoms with van der Waals surface area (Å²) >= 11 is 5.94. The fourth-order valence-electron chi connectivity index (χ4n) is 3.32. The van der Waals surface area contributed by atoms with Crippen molar-refractivity contribution in [2.24, 2.45) is 0 Å². The molecule has 0 atom stereocenters. The Hall–Kier alpha value is -2.83. The Morgan fingerprint density at radius 1 is 0.875 bits per heavy atom. The number of anilines is 1. The second-order valence-corrected chi connectivity index (χ2v) is 10.3. The van der Waals surface area contributed by atoms with Gasteiger partial charge in [0.1, 0.15) is 6.54 Å². The zero-order valence-corrected chi connectivity index (χ0v) is 20.2. The van der Waals surface area contributed by atoms with E-state index in [0.717, 1.165) is 22.3 Å². The Kier molecular flexibility index (Phi) is 7.26. The summed E-state index contributed by atoms with van der Waals surface area (Å²) in [7, 11) is -2.29. The first kappa shape index (κ1) is 23.8. The molecule has 0 bridgehead atoms. The third-order valence-electron chi connectivity index (χ3n) is 5.28. The second-order valence-electron chi connectivity index (χ2n) is 7.99. The summed E-state index contributed by atoms with van der Waals surface area (Å²) in [6.45, 7) is 5.68. The molecule has 0 aliphatic heterocycles. The smallest absolute Gasteiger partial charge is 0.264 e. The molecule has 0 N–H and O–H groups in total. The number of nitrogens with zero attached hydrogens (tertiary/aromatic N) is 2. The van der Waals surface area contributed by atoms with Crippen molar-refractivity contribution in [1.82, 2.24) is 4.90 Å². The van der Waals surface area contributed by atoms with Crippen LogP contribution in [0.3, 0.4) is 0 Å². The van der Waals surface area contributed by atoms with Gasteiger partial charge in [-0.15, -0.1) is 0 Å². The minimum Gasteiger partial charge on any atom is -0.340 e. The number of hydrogen-bond acceptors (Lipinski definition) is 3. The van der Waals surface area contributed by atoms with Gasteiger partial charge in [0.25, 0.3) is 10.0 Å². The standard InChI is InChI=1S/C25H27ClN2O3S/c1-18-6-13-23(14-7-18)32(30,31)28(24-15-19(2)5-8-20(24)3)17-25(29)27(4)16-21-9-11-22(26)12-10-21/h5-15H,16-17H2,1-4H3. The first-order valence-electron chi connectivity index (χ1n) is 10.2. The van der Waals surface area contributed by atoms with Crippen LogP contribution in [0.2, 0.25) is 5.02 Å². The van der Waals surface area contributed by atoms with E-state index in [1.165, 1.54) is 9.21 Å². The van der Waals surface area contributed by atoms with E-state index in [9.17, 15) is 13.2 Å². The van der Waals surface area contributed by atoms with Crippen molar-refractivity contribution in [3.05, 3.63) is 94.0 Å². The Labute approximate surface area is 195 Å². The highest BCUT2D eigenvalue weighted by Gasteiger charge is 2.29. The molecule has 3 rings (SSSR count). The lowest BCUT2D eigenvalue weighted by Crippen LogP contribution is -2.41. The van der Waals surface area contributed by atoms with Gasteiger partial charge < -0.3 is 4.90 Å². The van der Waals surface area contributed by atoms with Crippen LogP contribution in [0.5, 0.6) is 0 Å². The molecule has 168 valence electrons. The third kappa shape index (κ3) is 5.50. The lowest BCUT2D eigenvalue weighted by molar-refractivity contribution is -0.128. The van der Waals surface area contributed by atoms with Gasteiger partial charge in [-0.1, -0.05) is 53.6 Å². The highest BCUT2D eigenvalue weighted by atomic mass is 35.5. The molecule has 0 unspecified atom stereocenters. The van der Waals surface area contributed by atoms with Crippen LogP contribution in [0.1, 0.15) is 22.3 Å². The molecule has 1 amide bonds. The van der Waals surface area contributed by atoms with Gasteiger partial charge >= 0.3 is 0 Å². The second kappa shape index (κ2) is 9.76. The number of aryl methyl sites for hydroxylation is 3. The van der Waals surface area contributed by atoms with Crippen LogP contribution in [-0.2, 0) is 21.4 Å². The van der Waals surface area contributed by atoms with E-state index in [-0.39, 0.29) is 17.3 Å². The highest BCUT2D eigenvalue weighted by molar-refractivity contribution is 7.92. The molecular formula is C25H27ClN2O3S. The van der Waals surface area contributed by atoms with Gasteiger partial charge in [0.15, 0.2) is 0 Å². The lowest BCUT2D eigenvalue weighted by atomic mass is 10.1. The van der Waals surface area contributed by atoms with Gasteiger partial charge in [0, 0.05) is 18.6 Å². The number of halogens is 1. The normalized spacial score (nSPS) is 11.3. The highest BCUT2D eigenvalue weighted by Crippen LogP contribution is 2.28. The molecule has 5 nitrogen and oxygen atoms in total. The van der Waals surface area contributed by atoms with E-state index in [0.29, 0.717) is 17.3 Å². The first-order chi connectivity index (χ1) is 15.1. The van der Waals surface area contributed by atoms with Crippen LogP contribution in [0.15, 0.2) is 71.6 Å². The van der Waals surface area contributed by atoms with Gasteiger partial charge in [0.2, 0.25) is 5.91 Å². The zero-order chi connectivity index (χ0) is 23.5. The predicted molar refractivity (Wildman–Crippen MR) is 130 cm³/mol. The number of sulfonamides is 1. The molecule has 7 heteroatoms. The van der Waals surface area contributed by atoms with E-state index in [1.807, 2.05) is 45.0 Å². The van der Waals surface area contributed by atoms with Gasteiger partial charge in [0.05, 0.1) is 10.6 Å². The van der Waals surface area contributed by atoms with Crippen molar-refractivity contribution in [2.45, 2.75) is 32.2 Å². The molecule has 0 radical (unpaired) electrons. The Morgan fingerprint density at radius 3 is 2.09 bits per heavy atom. The van der Waals surface area contributed by atoms with E-state index >= 15 is 0 Å². The Morgan fingerprint density at radius 2 is 1.47 bits per heavy atom. The van der Waals surface area contributed by atoms with E-state index in [2.05, 4.69) is 0 Å². The maximum atomic E-state index is 13.6. The summed E-state index contributed by atoms with van der Waals surface area (Å²) < 4.78 is 28.4. The van der Waals surface area contributed by atoms with Crippen molar-refractivity contribution >= 4 is 33.2 Å². The number of carbonyl (C=O) groups excluding carboxylic acids is 1. The average molecular weight is 471 g/mol.